The molecule has 1 amide bonds. The van der Waals surface area contributed by atoms with Crippen LogP contribution < -0.4 is 24.5 Å². The molecule has 0 saturated carbocycles. The van der Waals surface area contributed by atoms with Crippen molar-refractivity contribution in [3.05, 3.63) is 103 Å². The molecule has 39 heavy (non-hydrogen) atoms. The average Bonchev–Trinajstić information content (AvgIpc) is 3.41. The highest BCUT2D eigenvalue weighted by Crippen LogP contribution is 2.38. The molecule has 2 aliphatic heterocycles. The van der Waals surface area contributed by atoms with Crippen LogP contribution in [0, 0.1) is 0 Å². The van der Waals surface area contributed by atoms with Crippen LogP contribution in [0.3, 0.4) is 0 Å². The molecule has 5 rings (SSSR count). The number of allylic oxidation sites excluding steroid dienone is 1. The minimum Gasteiger partial charge on any atom is -0.496 e. The zero-order valence-corrected chi connectivity index (χ0v) is 22.9. The molecule has 1 atom stereocenters. The van der Waals surface area contributed by atoms with Gasteiger partial charge in [0.05, 0.1) is 36.2 Å². The maximum absolute atomic E-state index is 14.3. The van der Waals surface area contributed by atoms with E-state index in [4.69, 9.17) is 14.5 Å². The summed E-state index contributed by atoms with van der Waals surface area (Å²) in [5.41, 5.74) is 2.84. The van der Waals surface area contributed by atoms with Crippen LogP contribution in [0.1, 0.15) is 43.9 Å². The van der Waals surface area contributed by atoms with Crippen molar-refractivity contribution < 1.29 is 19.1 Å². The third-order valence-electron chi connectivity index (χ3n) is 6.76. The number of thiazole rings is 1. The van der Waals surface area contributed by atoms with Crippen LogP contribution in [0.15, 0.2) is 82.2 Å². The van der Waals surface area contributed by atoms with Crippen LogP contribution in [0.2, 0.25) is 0 Å². The lowest BCUT2D eigenvalue weighted by molar-refractivity contribution is -0.139. The molecule has 0 unspecified atom stereocenters. The van der Waals surface area contributed by atoms with Crippen molar-refractivity contribution >= 4 is 34.5 Å². The van der Waals surface area contributed by atoms with Crippen molar-refractivity contribution in [1.82, 2.24) is 4.57 Å². The summed E-state index contributed by atoms with van der Waals surface area (Å²) in [6, 6.07) is 13.9. The van der Waals surface area contributed by atoms with Crippen molar-refractivity contribution in [3.63, 3.8) is 0 Å². The number of hydrogen-bond acceptors (Lipinski definition) is 7. The Labute approximate surface area is 229 Å². The topological polar surface area (TPSA) is 90.2 Å². The fraction of sp³-hybridized carbons (Fsp3) is 0.267. The fourth-order valence-corrected chi connectivity index (χ4v) is 6.28. The van der Waals surface area contributed by atoms with E-state index in [0.717, 1.165) is 23.4 Å². The van der Waals surface area contributed by atoms with Crippen LogP contribution in [-0.4, -0.2) is 36.7 Å². The third-order valence-corrected chi connectivity index (χ3v) is 7.82. The lowest BCUT2D eigenvalue weighted by atomic mass is 9.93. The Bertz CT molecular complexity index is 1700. The van der Waals surface area contributed by atoms with Gasteiger partial charge in [0.2, 0.25) is 0 Å². The van der Waals surface area contributed by atoms with Gasteiger partial charge in [0.1, 0.15) is 16.3 Å². The van der Waals surface area contributed by atoms with Crippen molar-refractivity contribution in [2.45, 2.75) is 32.7 Å². The molecule has 0 radical (unpaired) electrons. The van der Waals surface area contributed by atoms with Gasteiger partial charge in [-0.3, -0.25) is 14.2 Å². The fourth-order valence-electron chi connectivity index (χ4n) is 5.17. The predicted octanol–water partition coefficient (Wildman–Crippen LogP) is 3.49. The van der Waals surface area contributed by atoms with Crippen molar-refractivity contribution in [2.24, 2.45) is 4.99 Å². The van der Waals surface area contributed by atoms with E-state index in [1.807, 2.05) is 49.4 Å². The summed E-state index contributed by atoms with van der Waals surface area (Å²) in [6.45, 7) is 8.02. The molecule has 0 spiro atoms. The number of rotatable bonds is 8. The van der Waals surface area contributed by atoms with E-state index < -0.39 is 17.6 Å². The first kappa shape index (κ1) is 26.4. The number of fused-ring (bicyclic) bond motifs is 2. The van der Waals surface area contributed by atoms with E-state index in [2.05, 4.69) is 6.58 Å². The number of methoxy groups -OCH3 is 1. The van der Waals surface area contributed by atoms with Gasteiger partial charge in [-0.05, 0) is 25.5 Å². The highest BCUT2D eigenvalue weighted by Gasteiger charge is 2.38. The summed E-state index contributed by atoms with van der Waals surface area (Å²) in [6.07, 6.45) is 2.92. The van der Waals surface area contributed by atoms with Gasteiger partial charge >= 0.3 is 5.97 Å². The zero-order valence-electron chi connectivity index (χ0n) is 22.1. The first-order chi connectivity index (χ1) is 19.0. The number of anilines is 1. The molecule has 0 fully saturated rings. The number of esters is 1. The minimum absolute atomic E-state index is 0.180. The van der Waals surface area contributed by atoms with Gasteiger partial charge in [0, 0.05) is 17.7 Å². The molecule has 1 aromatic heterocycles. The second-order valence-electron chi connectivity index (χ2n) is 9.07. The van der Waals surface area contributed by atoms with Crippen LogP contribution in [-0.2, 0) is 14.3 Å². The average molecular weight is 544 g/mol. The first-order valence-electron chi connectivity index (χ1n) is 12.9. The number of nitrogens with zero attached hydrogens (tertiary/aromatic N) is 3. The third kappa shape index (κ3) is 4.32. The monoisotopic (exact) mass is 543 g/mol. The molecule has 8 nitrogen and oxygen atoms in total. The first-order valence-corrected chi connectivity index (χ1v) is 13.7. The molecule has 200 valence electrons. The SMILES string of the molecule is C=CCN1C(=O)/C(=c2/sc3n(c2=O)[C@@H](c2ccccc2OC)C(C(=O)OCC)=C(CCC)N=3)c2ccccc21. The Balaban J connectivity index is 1.87. The Kier molecular flexibility index (Phi) is 7.34. The Morgan fingerprint density at radius 2 is 1.87 bits per heavy atom. The molecule has 0 aliphatic carbocycles. The van der Waals surface area contributed by atoms with Crippen LogP contribution in [0.25, 0.3) is 5.57 Å². The lowest BCUT2D eigenvalue weighted by Gasteiger charge is -2.26. The van der Waals surface area contributed by atoms with Crippen molar-refractivity contribution in [3.8, 4) is 5.75 Å². The number of benzene rings is 2. The van der Waals surface area contributed by atoms with Gasteiger partial charge in [-0.1, -0.05) is 67.2 Å². The Morgan fingerprint density at radius 3 is 2.59 bits per heavy atom. The van der Waals surface area contributed by atoms with E-state index >= 15 is 0 Å². The van der Waals surface area contributed by atoms with Gasteiger partial charge in [-0.25, -0.2) is 9.79 Å². The number of hydrogen-bond donors (Lipinski definition) is 0. The largest absolute Gasteiger partial charge is 0.496 e. The van der Waals surface area contributed by atoms with Crippen LogP contribution >= 0.6 is 11.3 Å². The summed E-state index contributed by atoms with van der Waals surface area (Å²) < 4.78 is 12.9. The van der Waals surface area contributed by atoms with Crippen molar-refractivity contribution in [1.29, 1.82) is 0 Å². The molecule has 2 aromatic carbocycles. The molecule has 0 bridgehead atoms. The molecule has 3 heterocycles. The van der Waals surface area contributed by atoms with E-state index in [0.29, 0.717) is 51.5 Å². The van der Waals surface area contributed by atoms with E-state index in [1.165, 1.54) is 4.57 Å². The predicted molar refractivity (Wildman–Crippen MR) is 151 cm³/mol. The summed E-state index contributed by atoms with van der Waals surface area (Å²) in [5, 5.41) is 0. The van der Waals surface area contributed by atoms with Gasteiger partial charge in [0.25, 0.3) is 11.5 Å². The molecule has 3 aromatic rings. The number of amides is 1. The van der Waals surface area contributed by atoms with E-state index in [1.54, 1.807) is 31.1 Å². The molecule has 0 saturated heterocycles. The second kappa shape index (κ2) is 10.9. The number of ether oxygens (including phenoxy) is 2. The van der Waals surface area contributed by atoms with Crippen LogP contribution in [0.5, 0.6) is 5.75 Å². The maximum Gasteiger partial charge on any atom is 0.338 e. The molecular formula is C30H29N3O5S. The highest BCUT2D eigenvalue weighted by molar-refractivity contribution is 7.07. The Hall–Kier alpha value is -4.24. The summed E-state index contributed by atoms with van der Waals surface area (Å²) in [4.78, 5) is 48.2. The number of aromatic nitrogens is 1. The lowest BCUT2D eigenvalue weighted by Crippen LogP contribution is -2.41. The molecule has 0 N–H and O–H groups in total. The molecule has 9 heteroatoms. The quantitative estimate of drug-likeness (QED) is 0.321. The number of carbonyl (C=O) groups is 2. The Morgan fingerprint density at radius 1 is 1.13 bits per heavy atom. The summed E-state index contributed by atoms with van der Waals surface area (Å²) >= 11 is 1.16. The highest BCUT2D eigenvalue weighted by atomic mass is 32.1. The number of carbonyl (C=O) groups excluding carboxylic acids is 2. The minimum atomic E-state index is -0.830. The maximum atomic E-state index is 14.3. The molecular weight excluding hydrogens is 514 g/mol. The van der Waals surface area contributed by atoms with Gasteiger partial charge < -0.3 is 14.4 Å². The summed E-state index contributed by atoms with van der Waals surface area (Å²) in [7, 11) is 1.55. The van der Waals surface area contributed by atoms with Gasteiger partial charge in [0.15, 0.2) is 4.80 Å². The van der Waals surface area contributed by atoms with Gasteiger partial charge in [-0.2, -0.15) is 0 Å². The van der Waals surface area contributed by atoms with E-state index in [9.17, 15) is 14.4 Å². The molecule has 2 aliphatic rings. The van der Waals surface area contributed by atoms with Crippen molar-refractivity contribution in [2.75, 3.05) is 25.2 Å². The standard InChI is InChI=1S/C30H29N3O5S/c1-5-12-20-24(29(36)38-7-3)25(19-14-9-11-16-22(19)37-4)33-28(35)26(39-30(33)31-20)23-18-13-8-10-15-21(18)32(17-6-2)27(23)34/h6,8-11,13-16,25H,2,5,7,12,17H2,1,3-4H3/b26-23+/t25-/m0/s1. The number of para-hydroxylation sites is 2. The van der Waals surface area contributed by atoms with Gasteiger partial charge in [-0.15, -0.1) is 6.58 Å². The van der Waals surface area contributed by atoms with E-state index in [-0.39, 0.29) is 17.0 Å². The summed E-state index contributed by atoms with van der Waals surface area (Å²) in [5.74, 6) is -0.272. The van der Waals surface area contributed by atoms with Crippen LogP contribution in [0.4, 0.5) is 5.69 Å². The normalized spacial score (nSPS) is 17.5. The zero-order chi connectivity index (χ0) is 27.7. The smallest absolute Gasteiger partial charge is 0.338 e. The second-order valence-corrected chi connectivity index (χ2v) is 10.1.